The number of rotatable bonds is 20. The first-order valence-electron chi connectivity index (χ1n) is 18.2. The van der Waals surface area contributed by atoms with Gasteiger partial charge in [-0.2, -0.15) is 0 Å². The second kappa shape index (κ2) is 20.6. The first-order chi connectivity index (χ1) is 24.3. The molecular formula is C38H62IN5O8. The van der Waals surface area contributed by atoms with Crippen LogP contribution in [0.3, 0.4) is 0 Å². The van der Waals surface area contributed by atoms with Crippen molar-refractivity contribution in [1.82, 2.24) is 23.5 Å². The SMILES string of the molecule is CCC(C)[C@@H](C(CC(=O)N1CCC[C@H]1[C@H](OC)[C@@H](C)C(=O)N[C@@H](Cc1ccccc1)C(=O)O)OC)N(C)C(=O)[C@@H](NC(=O)C(C)(C)N(C)I)C(C)C. The number of hydrogen-bond donors (Lipinski definition) is 3. The number of carboxylic acids is 1. The van der Waals surface area contributed by atoms with Gasteiger partial charge in [0.15, 0.2) is 0 Å². The molecule has 1 aromatic rings. The molecule has 2 rings (SSSR count). The van der Waals surface area contributed by atoms with E-state index in [0.29, 0.717) is 25.8 Å². The Labute approximate surface area is 324 Å². The topological polar surface area (TPSA) is 158 Å². The van der Waals surface area contributed by atoms with E-state index in [-0.39, 0.29) is 42.4 Å². The fourth-order valence-electron chi connectivity index (χ4n) is 6.85. The molecule has 1 fully saturated rings. The van der Waals surface area contributed by atoms with Gasteiger partial charge in [-0.3, -0.25) is 19.2 Å². The van der Waals surface area contributed by atoms with Gasteiger partial charge in [-0.25, -0.2) is 7.91 Å². The highest BCUT2D eigenvalue weighted by Crippen LogP contribution is 2.30. The molecule has 1 aliphatic rings. The first-order valence-corrected chi connectivity index (χ1v) is 19.2. The van der Waals surface area contributed by atoms with E-state index in [2.05, 4.69) is 33.5 Å². The van der Waals surface area contributed by atoms with E-state index in [9.17, 15) is 29.1 Å². The van der Waals surface area contributed by atoms with Gasteiger partial charge in [-0.05, 0) is 51.1 Å². The molecule has 0 aromatic heterocycles. The first kappa shape index (κ1) is 45.3. The summed E-state index contributed by atoms with van der Waals surface area (Å²) in [6.45, 7) is 13.5. The lowest BCUT2D eigenvalue weighted by molar-refractivity contribution is -0.148. The van der Waals surface area contributed by atoms with Crippen LogP contribution in [0.4, 0.5) is 0 Å². The smallest absolute Gasteiger partial charge is 0.326 e. The Morgan fingerprint density at radius 1 is 1.02 bits per heavy atom. The molecule has 52 heavy (non-hydrogen) atoms. The van der Waals surface area contributed by atoms with Crippen molar-refractivity contribution >= 4 is 52.5 Å². The minimum absolute atomic E-state index is 0.0137. The Hall–Kier alpha value is -2.82. The van der Waals surface area contributed by atoms with Gasteiger partial charge in [0.2, 0.25) is 23.6 Å². The zero-order valence-corrected chi connectivity index (χ0v) is 35.0. The fourth-order valence-corrected chi connectivity index (χ4v) is 7.07. The van der Waals surface area contributed by atoms with Crippen LogP contribution in [0.2, 0.25) is 0 Å². The van der Waals surface area contributed by atoms with Crippen LogP contribution in [0.15, 0.2) is 30.3 Å². The molecule has 2 unspecified atom stereocenters. The number of amides is 4. The second-order valence-corrected chi connectivity index (χ2v) is 16.4. The molecule has 4 amide bonds. The maximum Gasteiger partial charge on any atom is 0.326 e. The Morgan fingerprint density at radius 3 is 2.13 bits per heavy atom. The number of nitrogens with zero attached hydrogens (tertiary/aromatic N) is 3. The molecule has 0 aliphatic carbocycles. The summed E-state index contributed by atoms with van der Waals surface area (Å²) in [7, 11) is 6.53. The lowest BCUT2D eigenvalue weighted by Gasteiger charge is -2.41. The molecular weight excluding hydrogens is 781 g/mol. The number of ether oxygens (including phenoxy) is 2. The summed E-state index contributed by atoms with van der Waals surface area (Å²) in [5.74, 6) is -3.33. The van der Waals surface area contributed by atoms with Gasteiger partial charge in [-0.1, -0.05) is 71.4 Å². The maximum absolute atomic E-state index is 14.1. The summed E-state index contributed by atoms with van der Waals surface area (Å²) >= 11 is 2.06. The summed E-state index contributed by atoms with van der Waals surface area (Å²) in [5, 5.41) is 15.5. The van der Waals surface area contributed by atoms with Crippen molar-refractivity contribution in [3.63, 3.8) is 0 Å². The van der Waals surface area contributed by atoms with Crippen LogP contribution in [0, 0.1) is 17.8 Å². The van der Waals surface area contributed by atoms with E-state index < -0.39 is 59.7 Å². The number of likely N-dealkylation sites (N-methyl/N-ethyl adjacent to an activating group) is 2. The van der Waals surface area contributed by atoms with Crippen LogP contribution >= 0.6 is 22.9 Å². The highest BCUT2D eigenvalue weighted by molar-refractivity contribution is 14.1. The molecule has 294 valence electrons. The van der Waals surface area contributed by atoms with Crippen LogP contribution in [-0.2, 0) is 39.9 Å². The van der Waals surface area contributed by atoms with E-state index >= 15 is 0 Å². The van der Waals surface area contributed by atoms with Crippen LogP contribution in [0.25, 0.3) is 0 Å². The molecule has 1 aliphatic heterocycles. The summed E-state index contributed by atoms with van der Waals surface area (Å²) in [5.41, 5.74) is -0.0682. The van der Waals surface area contributed by atoms with Crippen molar-refractivity contribution in [3.05, 3.63) is 35.9 Å². The standard InChI is InChI=1S/C38H62IN5O8/c1-12-24(4)32(42(8)35(47)31(23(2)3)41-37(50)38(6,7)43(9)39)29(51-10)22-30(45)44-20-16-19-28(44)33(52-11)25(5)34(46)40-27(36(48)49)21-26-17-14-13-15-18-26/h13-15,17-18,23-25,27-29,31-33H,12,16,19-22H2,1-11H3,(H,40,46)(H,41,50)(H,48,49)/t24?,25-,27+,28+,29?,31+,32+,33-/m1/s1. The zero-order chi connectivity index (χ0) is 39.5. The van der Waals surface area contributed by atoms with Gasteiger partial charge in [0.05, 0.1) is 36.6 Å². The third kappa shape index (κ3) is 11.6. The second-order valence-electron chi connectivity index (χ2n) is 14.9. The molecule has 1 saturated heterocycles. The van der Waals surface area contributed by atoms with Gasteiger partial charge in [0.25, 0.3) is 0 Å². The number of methoxy groups -OCH3 is 2. The van der Waals surface area contributed by atoms with Crippen molar-refractivity contribution < 1.29 is 38.6 Å². The van der Waals surface area contributed by atoms with Gasteiger partial charge in [0.1, 0.15) is 17.6 Å². The number of nitrogens with one attached hydrogen (secondary N) is 2. The monoisotopic (exact) mass is 843 g/mol. The van der Waals surface area contributed by atoms with Crippen molar-refractivity contribution in [2.75, 3.05) is 34.9 Å². The van der Waals surface area contributed by atoms with Gasteiger partial charge < -0.3 is 35.0 Å². The highest BCUT2D eigenvalue weighted by Gasteiger charge is 2.44. The van der Waals surface area contributed by atoms with Crippen LogP contribution < -0.4 is 10.6 Å². The number of likely N-dealkylation sites (tertiary alicyclic amines) is 1. The van der Waals surface area contributed by atoms with Crippen LogP contribution in [0.1, 0.15) is 79.7 Å². The van der Waals surface area contributed by atoms with Crippen LogP contribution in [-0.4, -0.2) is 124 Å². The molecule has 1 aromatic carbocycles. The Kier molecular flexibility index (Phi) is 17.9. The van der Waals surface area contributed by atoms with E-state index in [0.717, 1.165) is 5.56 Å². The lowest BCUT2D eigenvalue weighted by Crippen LogP contribution is -2.60. The molecule has 0 radical (unpaired) electrons. The summed E-state index contributed by atoms with van der Waals surface area (Å²) in [6, 6.07) is 6.27. The number of carbonyl (C=O) groups excluding carboxylic acids is 4. The number of benzene rings is 1. The summed E-state index contributed by atoms with van der Waals surface area (Å²) in [4.78, 5) is 70.4. The van der Waals surface area contributed by atoms with Crippen molar-refractivity contribution in [3.8, 4) is 0 Å². The Morgan fingerprint density at radius 2 is 1.63 bits per heavy atom. The molecule has 8 atom stereocenters. The van der Waals surface area contributed by atoms with Crippen molar-refractivity contribution in [1.29, 1.82) is 0 Å². The van der Waals surface area contributed by atoms with E-state index in [4.69, 9.17) is 9.47 Å². The molecule has 3 N–H and O–H groups in total. The molecule has 14 heteroatoms. The number of carbonyl (C=O) groups is 5. The normalized spacial score (nSPS) is 19.0. The van der Waals surface area contributed by atoms with Gasteiger partial charge in [-0.15, -0.1) is 0 Å². The maximum atomic E-state index is 14.1. The number of aliphatic carboxylic acids is 1. The lowest BCUT2D eigenvalue weighted by atomic mass is 9.89. The molecule has 0 saturated carbocycles. The molecule has 13 nitrogen and oxygen atoms in total. The highest BCUT2D eigenvalue weighted by atomic mass is 127. The molecule has 0 bridgehead atoms. The largest absolute Gasteiger partial charge is 0.480 e. The fraction of sp³-hybridized carbons (Fsp3) is 0.711. The minimum Gasteiger partial charge on any atom is -0.480 e. The average molecular weight is 844 g/mol. The quantitative estimate of drug-likeness (QED) is 0.131. The Balaban J connectivity index is 2.27. The van der Waals surface area contributed by atoms with E-state index in [1.165, 1.54) is 14.2 Å². The third-order valence-corrected chi connectivity index (χ3v) is 11.9. The number of hydrogen-bond acceptors (Lipinski definition) is 8. The summed E-state index contributed by atoms with van der Waals surface area (Å²) < 4.78 is 13.6. The molecule has 0 spiro atoms. The van der Waals surface area contributed by atoms with E-state index in [1.807, 2.05) is 58.0 Å². The predicted octanol–water partition coefficient (Wildman–Crippen LogP) is 3.92. The number of carboxylic acid groups (broad SMARTS) is 1. The minimum atomic E-state index is -1.14. The van der Waals surface area contributed by atoms with Gasteiger partial charge >= 0.3 is 5.97 Å². The zero-order valence-electron chi connectivity index (χ0n) is 32.9. The van der Waals surface area contributed by atoms with Crippen LogP contribution in [0.5, 0.6) is 0 Å². The molecule has 1 heterocycles. The predicted molar refractivity (Wildman–Crippen MR) is 208 cm³/mol. The number of halogens is 1. The average Bonchev–Trinajstić information content (AvgIpc) is 3.59. The third-order valence-electron chi connectivity index (χ3n) is 10.7. The summed E-state index contributed by atoms with van der Waals surface area (Å²) in [6.07, 6.45) is 0.805. The van der Waals surface area contributed by atoms with Gasteiger partial charge in [0, 0.05) is 57.1 Å². The Bertz CT molecular complexity index is 1350. The van der Waals surface area contributed by atoms with Crippen molar-refractivity contribution in [2.24, 2.45) is 17.8 Å². The van der Waals surface area contributed by atoms with E-state index in [1.54, 1.807) is 47.8 Å². The van der Waals surface area contributed by atoms with Crippen molar-refractivity contribution in [2.45, 2.75) is 122 Å².